The number of aliphatic hydroxyl groups is 4. The molecule has 2 aliphatic rings. The number of rotatable bonds is 10. The fourth-order valence-corrected chi connectivity index (χ4v) is 6.11. The number of aliphatic hydroxyl groups excluding tert-OH is 4. The molecule has 13 heteroatoms. The van der Waals surface area contributed by atoms with E-state index in [0.29, 0.717) is 89.4 Å². The van der Waals surface area contributed by atoms with Crippen LogP contribution in [-0.4, -0.2) is 61.7 Å². The Labute approximate surface area is 281 Å². The summed E-state index contributed by atoms with van der Waals surface area (Å²) < 4.78 is 0. The number of hydrogen-bond acceptors (Lipinski definition) is 10. The zero-order chi connectivity index (χ0) is 33.4. The van der Waals surface area contributed by atoms with Gasteiger partial charge in [-0.05, 0) is 75.7 Å². The molecule has 0 aromatic carbocycles. The molecular weight excluding hydrogens is 648 g/mol. The average molecular weight is 683 g/mol. The molecule has 0 saturated carbocycles. The Morgan fingerprint density at radius 3 is 1.85 bits per heavy atom. The molecule has 1 radical (unpaired) electrons. The van der Waals surface area contributed by atoms with Gasteiger partial charge in [0, 0.05) is 17.5 Å². The van der Waals surface area contributed by atoms with E-state index in [-0.39, 0.29) is 42.8 Å². The third-order valence-corrected chi connectivity index (χ3v) is 8.65. The summed E-state index contributed by atoms with van der Waals surface area (Å²) in [5, 5.41) is 64.2. The molecule has 12 nitrogen and oxygen atoms in total. The van der Waals surface area contributed by atoms with E-state index in [0.717, 1.165) is 0 Å². The summed E-state index contributed by atoms with van der Waals surface area (Å²) in [6.07, 6.45) is -2.81. The van der Waals surface area contributed by atoms with Gasteiger partial charge in [-0.1, -0.05) is 41.0 Å². The number of hydrogen-bond donors (Lipinski definition) is 4. The Bertz CT molecular complexity index is 1970. The molecule has 0 fully saturated rings. The molecule has 5 rings (SSSR count). The van der Waals surface area contributed by atoms with Crippen molar-refractivity contribution in [2.24, 2.45) is 0 Å². The van der Waals surface area contributed by atoms with Crippen molar-refractivity contribution in [1.82, 2.24) is 19.9 Å². The summed E-state index contributed by atoms with van der Waals surface area (Å²) in [4.78, 5) is 42.0. The molecule has 4 N–H and O–H groups in total. The van der Waals surface area contributed by atoms with Crippen LogP contribution in [0, 0.1) is 13.8 Å². The van der Waals surface area contributed by atoms with Crippen molar-refractivity contribution < 1.29 is 57.3 Å². The van der Waals surface area contributed by atoms with Crippen molar-refractivity contribution in [3.63, 3.8) is 0 Å². The molecular formula is C34H34FeN4O8+. The van der Waals surface area contributed by atoms with E-state index in [4.69, 9.17) is 19.9 Å². The van der Waals surface area contributed by atoms with Gasteiger partial charge < -0.3 is 50.2 Å². The number of aromatic nitrogens is 4. The van der Waals surface area contributed by atoms with Gasteiger partial charge in [0.1, 0.15) is 12.2 Å². The number of carboxylic acids is 2. The van der Waals surface area contributed by atoms with Gasteiger partial charge in [0.15, 0.2) is 0 Å². The Kier molecular flexibility index (Phi) is 10.9. The molecule has 47 heavy (non-hydrogen) atoms. The summed E-state index contributed by atoms with van der Waals surface area (Å²) >= 11 is 0. The van der Waals surface area contributed by atoms with Gasteiger partial charge in [-0.15, -0.1) is 22.1 Å². The summed E-state index contributed by atoms with van der Waals surface area (Å²) in [6.45, 7) is 5.98. The fourth-order valence-electron chi connectivity index (χ4n) is 6.11. The van der Waals surface area contributed by atoms with E-state index in [1.165, 1.54) is 0 Å². The third kappa shape index (κ3) is 6.96. The molecule has 3 aromatic heterocycles. The van der Waals surface area contributed by atoms with Gasteiger partial charge in [-0.25, -0.2) is 9.97 Å². The maximum atomic E-state index is 11.4. The van der Waals surface area contributed by atoms with Crippen LogP contribution in [0.3, 0.4) is 0 Å². The number of aryl methyl sites for hydroxylation is 3. The van der Waals surface area contributed by atoms with Crippen molar-refractivity contribution in [2.75, 3.05) is 13.2 Å². The first-order chi connectivity index (χ1) is 21.8. The summed E-state index contributed by atoms with van der Waals surface area (Å²) in [5.41, 5.74) is 7.97. The second-order valence-corrected chi connectivity index (χ2v) is 11.5. The Morgan fingerprint density at radius 1 is 0.702 bits per heavy atom. The number of aliphatic carboxylic acids is 2. The SMILES string of the molecule is CC1=C(CCC(=O)[O-])c2cc3[n-]c(cc4nc(cc5[n-]c(cc1n2)c(C(O)CO)c5C)C(C(O)CO)=C4C)c(C)c3CCC(=O)[O-].[Fe+5]. The van der Waals surface area contributed by atoms with Crippen molar-refractivity contribution in [1.29, 1.82) is 0 Å². The van der Waals surface area contributed by atoms with Crippen LogP contribution in [0.15, 0.2) is 24.3 Å². The van der Waals surface area contributed by atoms with Crippen LogP contribution in [-0.2, 0) is 33.1 Å². The van der Waals surface area contributed by atoms with E-state index in [2.05, 4.69) is 0 Å². The average Bonchev–Trinajstić information content (AvgIpc) is 3.67. The van der Waals surface area contributed by atoms with Gasteiger partial charge in [0.05, 0.1) is 36.0 Å². The number of allylic oxidation sites excluding steroid dienone is 3. The van der Waals surface area contributed by atoms with Gasteiger partial charge in [0.2, 0.25) is 0 Å². The molecule has 2 aliphatic heterocycles. The van der Waals surface area contributed by atoms with Crippen LogP contribution in [0.25, 0.3) is 44.4 Å². The normalized spacial score (nSPS) is 14.3. The molecule has 0 amide bonds. The Hall–Kier alpha value is -4.10. The number of carbonyl (C=O) groups is 2. The van der Waals surface area contributed by atoms with E-state index < -0.39 is 37.4 Å². The van der Waals surface area contributed by atoms with Crippen molar-refractivity contribution in [3.05, 3.63) is 69.3 Å². The van der Waals surface area contributed by atoms with Crippen LogP contribution in [0.1, 0.15) is 84.2 Å². The third-order valence-electron chi connectivity index (χ3n) is 8.65. The fraction of sp³-hybridized carbons (Fsp3) is 0.353. The maximum Gasteiger partial charge on any atom is 5.00 e. The predicted molar refractivity (Wildman–Crippen MR) is 166 cm³/mol. The van der Waals surface area contributed by atoms with Gasteiger partial charge in [-0.3, -0.25) is 0 Å². The molecule has 245 valence electrons. The standard InChI is InChI=1S/C34H38N4O8.Fe/c1-15-19(5-7-31(43)44)25-12-26-20(6-8-32(45)46)16(2)22(36-26)10-27-34(30(42)14-40)18(4)24(38-27)11-28-33(29(41)13-39)17(3)23(37-28)9-21(15)35-25;/h9-12,29-30,39-42H,5-8,13-14H2,1-4H3,(H4,35,36,37,38,43,44,45,46);/q;+5/p-4. The second kappa shape index (κ2) is 14.3. The zero-order valence-electron chi connectivity index (χ0n) is 26.3. The van der Waals surface area contributed by atoms with Crippen molar-refractivity contribution in [2.45, 2.75) is 65.6 Å². The molecule has 2 atom stereocenters. The second-order valence-electron chi connectivity index (χ2n) is 11.5. The molecule has 5 heterocycles. The van der Waals surface area contributed by atoms with Crippen molar-refractivity contribution in [3.8, 4) is 0 Å². The first-order valence-electron chi connectivity index (χ1n) is 14.9. The number of carboxylic acid groups (broad SMARTS) is 2. The maximum absolute atomic E-state index is 11.4. The largest absolute Gasteiger partial charge is 5.00 e. The summed E-state index contributed by atoms with van der Waals surface area (Å²) in [6, 6.07) is 6.71. The summed E-state index contributed by atoms with van der Waals surface area (Å²) in [5.74, 6) is -2.45. The van der Waals surface area contributed by atoms with Gasteiger partial charge in [-0.2, -0.15) is 0 Å². The Balaban J connectivity index is 0.00000500. The molecule has 0 saturated heterocycles. The summed E-state index contributed by atoms with van der Waals surface area (Å²) in [7, 11) is 0. The molecule has 8 bridgehead atoms. The van der Waals surface area contributed by atoms with Crippen LogP contribution < -0.4 is 20.2 Å². The monoisotopic (exact) mass is 682 g/mol. The quantitative estimate of drug-likeness (QED) is 0.217. The topological polar surface area (TPSA) is 215 Å². The van der Waals surface area contributed by atoms with E-state index in [1.54, 1.807) is 45.0 Å². The van der Waals surface area contributed by atoms with E-state index in [1.807, 2.05) is 6.92 Å². The Morgan fingerprint density at radius 2 is 1.21 bits per heavy atom. The number of fused-ring (bicyclic) bond motifs is 8. The molecule has 0 aliphatic carbocycles. The zero-order valence-corrected chi connectivity index (χ0v) is 27.4. The molecule has 3 aromatic rings. The molecule has 2 unspecified atom stereocenters. The van der Waals surface area contributed by atoms with Crippen LogP contribution in [0.5, 0.6) is 0 Å². The van der Waals surface area contributed by atoms with E-state index >= 15 is 0 Å². The van der Waals surface area contributed by atoms with Crippen LogP contribution in [0.2, 0.25) is 0 Å². The minimum atomic E-state index is -1.27. The minimum absolute atomic E-state index is 0. The van der Waals surface area contributed by atoms with Crippen molar-refractivity contribution >= 4 is 56.3 Å². The van der Waals surface area contributed by atoms with Crippen LogP contribution in [0.4, 0.5) is 0 Å². The van der Waals surface area contributed by atoms with Crippen LogP contribution >= 0.6 is 0 Å². The van der Waals surface area contributed by atoms with Gasteiger partial charge in [0.25, 0.3) is 0 Å². The number of carbonyl (C=O) groups excluding carboxylic acids is 2. The smallest absolute Gasteiger partial charge is 0.657 e. The predicted octanol–water partition coefficient (Wildman–Crippen LogP) is 0.640. The van der Waals surface area contributed by atoms with Gasteiger partial charge >= 0.3 is 17.1 Å². The molecule has 0 spiro atoms. The number of nitrogens with zero attached hydrogens (tertiary/aromatic N) is 4. The first-order valence-corrected chi connectivity index (χ1v) is 14.9. The van der Waals surface area contributed by atoms with E-state index in [9.17, 15) is 40.2 Å². The minimum Gasteiger partial charge on any atom is -0.657 e. The first kappa shape index (κ1) is 35.7.